The quantitative estimate of drug-likeness (QED) is 0.394. The molecule has 0 aromatic carbocycles. The van der Waals surface area contributed by atoms with Crippen LogP contribution in [0.4, 0.5) is 0 Å². The molecule has 0 aliphatic carbocycles. The molecule has 8 heavy (non-hydrogen) atoms. The van der Waals surface area contributed by atoms with Crippen LogP contribution in [0.15, 0.2) is 0 Å². The highest BCUT2D eigenvalue weighted by atomic mass is 16.6. The Bertz CT molecular complexity index is 114. The maximum Gasteiger partial charge on any atom is 0.255 e. The van der Waals surface area contributed by atoms with E-state index in [1.807, 2.05) is 0 Å². The second kappa shape index (κ2) is 4.16. The number of amides is 1. The van der Waals surface area contributed by atoms with E-state index in [0.717, 1.165) is 0 Å². The summed E-state index contributed by atoms with van der Waals surface area (Å²) in [6.45, 7) is 0. The molecular weight excluding hydrogens is 106 g/mol. The number of hydrogen-bond donors (Lipinski definition) is 1. The summed E-state index contributed by atoms with van der Waals surface area (Å²) in [5, 5.41) is 0. The van der Waals surface area contributed by atoms with Crippen molar-refractivity contribution < 1.29 is 9.63 Å². The molecular formula is C5H7NO2. The summed E-state index contributed by atoms with van der Waals surface area (Å²) >= 11 is 0. The Kier molecular flexibility index (Phi) is 3.63. The van der Waals surface area contributed by atoms with Gasteiger partial charge in [0.15, 0.2) is 0 Å². The highest BCUT2D eigenvalue weighted by Gasteiger charge is 1.92. The first-order valence-corrected chi connectivity index (χ1v) is 2.06. The summed E-state index contributed by atoms with van der Waals surface area (Å²) in [6.07, 6.45) is 4.86. The molecule has 0 aliphatic rings. The fourth-order valence-corrected chi connectivity index (χ4v) is 0.243. The van der Waals surface area contributed by atoms with Crippen molar-refractivity contribution in [3.8, 4) is 12.3 Å². The molecule has 0 aromatic rings. The lowest BCUT2D eigenvalue weighted by molar-refractivity contribution is -0.130. The first-order valence-electron chi connectivity index (χ1n) is 2.06. The Morgan fingerprint density at radius 3 is 3.00 bits per heavy atom. The lowest BCUT2D eigenvalue weighted by Gasteiger charge is -1.94. The molecule has 0 spiro atoms. The zero-order valence-electron chi connectivity index (χ0n) is 4.60. The topological polar surface area (TPSA) is 38.3 Å². The minimum absolute atomic E-state index is 0.0633. The van der Waals surface area contributed by atoms with Gasteiger partial charge in [0, 0.05) is 0 Å². The van der Waals surface area contributed by atoms with E-state index in [1.165, 1.54) is 7.11 Å². The van der Waals surface area contributed by atoms with Gasteiger partial charge < -0.3 is 0 Å². The van der Waals surface area contributed by atoms with Gasteiger partial charge in [0.2, 0.25) is 0 Å². The number of terminal acetylenes is 1. The molecule has 0 unspecified atom stereocenters. The average Bonchev–Trinajstić information content (AvgIpc) is 1.68. The van der Waals surface area contributed by atoms with Crippen molar-refractivity contribution in [2.75, 3.05) is 7.11 Å². The van der Waals surface area contributed by atoms with Gasteiger partial charge in [-0.3, -0.25) is 9.63 Å². The molecule has 0 aliphatic heterocycles. The summed E-state index contributed by atoms with van der Waals surface area (Å²) in [5.41, 5.74) is 2.06. The fraction of sp³-hybridized carbons (Fsp3) is 0.400. The molecule has 1 amide bonds. The molecule has 0 rings (SSSR count). The molecule has 1 N–H and O–H groups in total. The van der Waals surface area contributed by atoms with Crippen LogP contribution < -0.4 is 5.48 Å². The standard InChI is InChI=1S/C5H7NO2/c1-3-4-5(7)6-8-2/h1H,4H2,2H3,(H,6,7). The van der Waals surface area contributed by atoms with Crippen LogP contribution in [0.2, 0.25) is 0 Å². The summed E-state index contributed by atoms with van der Waals surface area (Å²) in [7, 11) is 1.36. The van der Waals surface area contributed by atoms with Gasteiger partial charge in [-0.05, 0) is 0 Å². The van der Waals surface area contributed by atoms with Crippen molar-refractivity contribution in [1.82, 2.24) is 5.48 Å². The van der Waals surface area contributed by atoms with Gasteiger partial charge in [-0.1, -0.05) is 5.92 Å². The van der Waals surface area contributed by atoms with E-state index in [2.05, 4.69) is 16.2 Å². The van der Waals surface area contributed by atoms with Crippen LogP contribution in [-0.4, -0.2) is 13.0 Å². The van der Waals surface area contributed by atoms with Crippen LogP contribution in [0, 0.1) is 12.3 Å². The first-order chi connectivity index (χ1) is 3.81. The van der Waals surface area contributed by atoms with Crippen LogP contribution in [0.5, 0.6) is 0 Å². The Labute approximate surface area is 48.0 Å². The largest absolute Gasteiger partial charge is 0.277 e. The smallest absolute Gasteiger partial charge is 0.255 e. The predicted octanol–water partition coefficient (Wildman–Crippen LogP) is -0.313. The van der Waals surface area contributed by atoms with Crippen LogP contribution in [-0.2, 0) is 9.63 Å². The number of hydroxylamine groups is 1. The van der Waals surface area contributed by atoms with E-state index in [9.17, 15) is 4.79 Å². The lowest BCUT2D eigenvalue weighted by Crippen LogP contribution is -2.20. The van der Waals surface area contributed by atoms with E-state index >= 15 is 0 Å². The van der Waals surface area contributed by atoms with Crippen LogP contribution in [0.3, 0.4) is 0 Å². The van der Waals surface area contributed by atoms with Gasteiger partial charge in [0.05, 0.1) is 13.5 Å². The number of rotatable bonds is 2. The third-order valence-electron chi connectivity index (χ3n) is 0.479. The van der Waals surface area contributed by atoms with Crippen LogP contribution >= 0.6 is 0 Å². The third kappa shape index (κ3) is 3.19. The molecule has 0 bridgehead atoms. The highest BCUT2D eigenvalue weighted by molar-refractivity contribution is 5.77. The summed E-state index contributed by atoms with van der Waals surface area (Å²) in [6, 6.07) is 0. The summed E-state index contributed by atoms with van der Waals surface area (Å²) in [4.78, 5) is 14.5. The van der Waals surface area contributed by atoms with Crippen molar-refractivity contribution in [3.63, 3.8) is 0 Å². The second-order valence-corrected chi connectivity index (χ2v) is 1.11. The van der Waals surface area contributed by atoms with Crippen LogP contribution in [0.25, 0.3) is 0 Å². The summed E-state index contributed by atoms with van der Waals surface area (Å²) in [5.74, 6) is 1.86. The minimum atomic E-state index is -0.296. The van der Waals surface area contributed by atoms with E-state index < -0.39 is 0 Å². The molecule has 44 valence electrons. The SMILES string of the molecule is C#CCC(=O)NOC. The van der Waals surface area contributed by atoms with E-state index in [4.69, 9.17) is 6.42 Å². The van der Waals surface area contributed by atoms with Gasteiger partial charge in [-0.15, -0.1) is 6.42 Å². The van der Waals surface area contributed by atoms with Gasteiger partial charge in [-0.2, -0.15) is 0 Å². The van der Waals surface area contributed by atoms with Crippen LogP contribution in [0.1, 0.15) is 6.42 Å². The molecule has 0 atom stereocenters. The van der Waals surface area contributed by atoms with Crippen molar-refractivity contribution in [3.05, 3.63) is 0 Å². The maximum atomic E-state index is 10.3. The molecule has 0 fully saturated rings. The average molecular weight is 113 g/mol. The number of nitrogens with one attached hydrogen (secondary N) is 1. The highest BCUT2D eigenvalue weighted by Crippen LogP contribution is 1.71. The zero-order valence-corrected chi connectivity index (χ0v) is 4.60. The minimum Gasteiger partial charge on any atom is -0.277 e. The molecule has 0 radical (unpaired) electrons. The normalized spacial score (nSPS) is 7.50. The molecule has 0 saturated carbocycles. The molecule has 0 saturated heterocycles. The van der Waals surface area contributed by atoms with E-state index in [-0.39, 0.29) is 12.3 Å². The van der Waals surface area contributed by atoms with E-state index in [1.54, 1.807) is 0 Å². The predicted molar refractivity (Wildman–Crippen MR) is 28.6 cm³/mol. The first kappa shape index (κ1) is 6.99. The molecule has 0 heterocycles. The van der Waals surface area contributed by atoms with Crippen molar-refractivity contribution in [2.45, 2.75) is 6.42 Å². The number of carbonyl (C=O) groups is 1. The van der Waals surface area contributed by atoms with E-state index in [0.29, 0.717) is 0 Å². The third-order valence-corrected chi connectivity index (χ3v) is 0.479. The summed E-state index contributed by atoms with van der Waals surface area (Å²) < 4.78 is 0. The van der Waals surface area contributed by atoms with Crippen molar-refractivity contribution in [2.24, 2.45) is 0 Å². The zero-order chi connectivity index (χ0) is 6.41. The Morgan fingerprint density at radius 2 is 2.62 bits per heavy atom. The monoisotopic (exact) mass is 113 g/mol. The molecule has 3 heteroatoms. The Hall–Kier alpha value is -1.01. The van der Waals surface area contributed by atoms with Crippen molar-refractivity contribution in [1.29, 1.82) is 0 Å². The van der Waals surface area contributed by atoms with Gasteiger partial charge in [0.25, 0.3) is 5.91 Å². The number of carbonyl (C=O) groups excluding carboxylic acids is 1. The molecule has 0 aromatic heterocycles. The van der Waals surface area contributed by atoms with Gasteiger partial charge in [0.1, 0.15) is 0 Å². The van der Waals surface area contributed by atoms with Crippen molar-refractivity contribution >= 4 is 5.91 Å². The maximum absolute atomic E-state index is 10.3. The van der Waals surface area contributed by atoms with Gasteiger partial charge >= 0.3 is 0 Å². The lowest BCUT2D eigenvalue weighted by atomic mass is 10.4. The second-order valence-electron chi connectivity index (χ2n) is 1.11. The Morgan fingerprint density at radius 1 is 2.00 bits per heavy atom. The molecule has 3 nitrogen and oxygen atoms in total. The fourth-order valence-electron chi connectivity index (χ4n) is 0.243. The number of hydrogen-bond acceptors (Lipinski definition) is 2. The Balaban J connectivity index is 3.23. The van der Waals surface area contributed by atoms with Gasteiger partial charge in [-0.25, -0.2) is 5.48 Å².